The first-order chi connectivity index (χ1) is 11.0. The minimum absolute atomic E-state index is 0.186. The lowest BCUT2D eigenvalue weighted by atomic mass is 10.2. The lowest BCUT2D eigenvalue weighted by Gasteiger charge is -2.07. The fourth-order valence-corrected chi connectivity index (χ4v) is 3.18. The van der Waals surface area contributed by atoms with Crippen LogP contribution in [0.2, 0.25) is 0 Å². The van der Waals surface area contributed by atoms with Gasteiger partial charge in [0.05, 0.1) is 22.3 Å². The number of hydrazine groups is 1. The molecule has 0 radical (unpaired) electrons. The van der Waals surface area contributed by atoms with E-state index in [1.807, 2.05) is 0 Å². The molecule has 6 nitrogen and oxygen atoms in total. The van der Waals surface area contributed by atoms with Crippen molar-refractivity contribution in [3.8, 4) is 0 Å². The first-order valence-electron chi connectivity index (χ1n) is 6.74. The van der Waals surface area contributed by atoms with Gasteiger partial charge in [0.2, 0.25) is 0 Å². The molecule has 0 saturated heterocycles. The number of carbonyl (C=O) groups excluding carboxylic acids is 1. The van der Waals surface area contributed by atoms with Crippen molar-refractivity contribution in [3.05, 3.63) is 57.2 Å². The molecule has 3 rings (SSSR count). The third-order valence-corrected chi connectivity index (χ3v) is 4.58. The van der Waals surface area contributed by atoms with E-state index in [0.29, 0.717) is 26.3 Å². The number of anilines is 1. The Bertz CT molecular complexity index is 947. The molecule has 0 aliphatic carbocycles. The zero-order valence-electron chi connectivity index (χ0n) is 12.4. The summed E-state index contributed by atoms with van der Waals surface area (Å²) >= 11 is 1.16. The largest absolute Gasteiger partial charge is 0.302 e. The molecular formula is C15H13FN4O2S. The summed E-state index contributed by atoms with van der Waals surface area (Å²) in [5, 5.41) is 0.451. The minimum atomic E-state index is -0.378. The summed E-state index contributed by atoms with van der Waals surface area (Å²) in [5.74, 6) is -0.735. The molecule has 0 bridgehead atoms. The van der Waals surface area contributed by atoms with E-state index in [4.69, 9.17) is 0 Å². The number of fused-ring (bicyclic) bond motifs is 1. The fourth-order valence-electron chi connectivity index (χ4n) is 2.14. The van der Waals surface area contributed by atoms with Crippen molar-refractivity contribution in [3.63, 3.8) is 0 Å². The lowest BCUT2D eigenvalue weighted by molar-refractivity contribution is 0.0966. The second kappa shape index (κ2) is 5.81. The van der Waals surface area contributed by atoms with Crippen molar-refractivity contribution in [2.45, 2.75) is 6.92 Å². The van der Waals surface area contributed by atoms with Crippen LogP contribution in [0, 0.1) is 12.7 Å². The third kappa shape index (κ3) is 2.80. The number of carbonyl (C=O) groups is 1. The van der Waals surface area contributed by atoms with Crippen LogP contribution in [0.1, 0.15) is 15.2 Å². The highest BCUT2D eigenvalue weighted by Gasteiger charge is 2.18. The van der Waals surface area contributed by atoms with Crippen molar-refractivity contribution >= 4 is 33.1 Å². The minimum Gasteiger partial charge on any atom is -0.302 e. The Morgan fingerprint density at radius 3 is 2.70 bits per heavy atom. The van der Waals surface area contributed by atoms with E-state index in [2.05, 4.69) is 15.8 Å². The van der Waals surface area contributed by atoms with Crippen LogP contribution < -0.4 is 16.4 Å². The highest BCUT2D eigenvalue weighted by atomic mass is 32.1. The third-order valence-electron chi connectivity index (χ3n) is 3.38. The van der Waals surface area contributed by atoms with Gasteiger partial charge in [-0.25, -0.2) is 9.37 Å². The van der Waals surface area contributed by atoms with Gasteiger partial charge in [0.15, 0.2) is 0 Å². The van der Waals surface area contributed by atoms with Crippen LogP contribution in [-0.2, 0) is 7.05 Å². The van der Waals surface area contributed by atoms with Crippen molar-refractivity contribution < 1.29 is 9.18 Å². The van der Waals surface area contributed by atoms with E-state index in [-0.39, 0.29) is 17.3 Å². The van der Waals surface area contributed by atoms with E-state index < -0.39 is 0 Å². The molecule has 1 amide bonds. The molecule has 0 saturated carbocycles. The lowest BCUT2D eigenvalue weighted by Crippen LogP contribution is -2.29. The van der Waals surface area contributed by atoms with Crippen LogP contribution in [0.3, 0.4) is 0 Å². The van der Waals surface area contributed by atoms with Crippen LogP contribution in [0.5, 0.6) is 0 Å². The SMILES string of the molecule is Cc1c(C(=O)NNc2ccc(F)cc2)sc2ncn(C)c(=O)c12. The summed E-state index contributed by atoms with van der Waals surface area (Å²) in [7, 11) is 1.61. The van der Waals surface area contributed by atoms with Crippen LogP contribution in [0.15, 0.2) is 35.4 Å². The van der Waals surface area contributed by atoms with Gasteiger partial charge in [-0.15, -0.1) is 11.3 Å². The standard InChI is InChI=1S/C15H13FN4O2S/c1-8-11-14(17-7-20(2)15(11)22)23-12(8)13(21)19-18-10-5-3-9(16)4-6-10/h3-7,18H,1-2H3,(H,19,21). The van der Waals surface area contributed by atoms with Gasteiger partial charge < -0.3 is 4.57 Å². The zero-order chi connectivity index (χ0) is 16.6. The van der Waals surface area contributed by atoms with Gasteiger partial charge in [0.1, 0.15) is 10.6 Å². The van der Waals surface area contributed by atoms with E-state index in [0.717, 1.165) is 11.3 Å². The summed E-state index contributed by atoms with van der Waals surface area (Å²) in [6, 6.07) is 5.58. The van der Waals surface area contributed by atoms with Gasteiger partial charge in [0.25, 0.3) is 11.5 Å². The number of halogens is 1. The Labute approximate surface area is 134 Å². The summed E-state index contributed by atoms with van der Waals surface area (Å²) in [4.78, 5) is 29.5. The Balaban J connectivity index is 1.86. The van der Waals surface area contributed by atoms with Crippen LogP contribution >= 0.6 is 11.3 Å². The molecule has 2 N–H and O–H groups in total. The Morgan fingerprint density at radius 2 is 2.00 bits per heavy atom. The average molecular weight is 332 g/mol. The number of thiophene rings is 1. The maximum absolute atomic E-state index is 12.8. The Morgan fingerprint density at radius 1 is 1.30 bits per heavy atom. The quantitative estimate of drug-likeness (QED) is 0.721. The Hall–Kier alpha value is -2.74. The first-order valence-corrected chi connectivity index (χ1v) is 7.55. The van der Waals surface area contributed by atoms with Gasteiger partial charge in [0, 0.05) is 7.05 Å². The molecule has 0 fully saturated rings. The summed E-state index contributed by atoms with van der Waals surface area (Å²) in [5.41, 5.74) is 6.19. The number of hydrogen-bond donors (Lipinski definition) is 2. The number of aromatic nitrogens is 2. The predicted octanol–water partition coefficient (Wildman–Crippen LogP) is 2.20. The van der Waals surface area contributed by atoms with E-state index in [1.54, 1.807) is 14.0 Å². The summed E-state index contributed by atoms with van der Waals surface area (Å²) < 4.78 is 14.2. The molecule has 0 spiro atoms. The highest BCUT2D eigenvalue weighted by Crippen LogP contribution is 2.26. The number of amides is 1. The van der Waals surface area contributed by atoms with Gasteiger partial charge in [-0.05, 0) is 36.8 Å². The second-order valence-corrected chi connectivity index (χ2v) is 5.98. The molecule has 0 atom stereocenters. The van der Waals surface area contributed by atoms with Crippen molar-refractivity contribution in [2.75, 3.05) is 5.43 Å². The normalized spacial score (nSPS) is 10.7. The van der Waals surface area contributed by atoms with E-state index >= 15 is 0 Å². The van der Waals surface area contributed by atoms with Crippen molar-refractivity contribution in [1.29, 1.82) is 0 Å². The maximum atomic E-state index is 12.8. The molecular weight excluding hydrogens is 319 g/mol. The smallest absolute Gasteiger partial charge is 0.280 e. The van der Waals surface area contributed by atoms with Crippen molar-refractivity contribution in [1.82, 2.24) is 15.0 Å². The molecule has 0 aliphatic heterocycles. The number of nitrogens with one attached hydrogen (secondary N) is 2. The number of nitrogens with zero attached hydrogens (tertiary/aromatic N) is 2. The number of aryl methyl sites for hydroxylation is 2. The fraction of sp³-hybridized carbons (Fsp3) is 0.133. The summed E-state index contributed by atoms with van der Waals surface area (Å²) in [6.07, 6.45) is 1.43. The molecule has 118 valence electrons. The predicted molar refractivity (Wildman–Crippen MR) is 87.1 cm³/mol. The van der Waals surface area contributed by atoms with Crippen LogP contribution in [0.25, 0.3) is 10.2 Å². The van der Waals surface area contributed by atoms with Gasteiger partial charge in [-0.2, -0.15) is 0 Å². The molecule has 3 aromatic rings. The van der Waals surface area contributed by atoms with Gasteiger partial charge in [-0.3, -0.25) is 20.4 Å². The number of hydrogen-bond acceptors (Lipinski definition) is 5. The number of benzene rings is 1. The van der Waals surface area contributed by atoms with E-state index in [1.165, 1.54) is 35.2 Å². The summed E-state index contributed by atoms with van der Waals surface area (Å²) in [6.45, 7) is 1.72. The highest BCUT2D eigenvalue weighted by molar-refractivity contribution is 7.20. The molecule has 0 aliphatic rings. The monoisotopic (exact) mass is 332 g/mol. The maximum Gasteiger partial charge on any atom is 0.280 e. The average Bonchev–Trinajstić information content (AvgIpc) is 2.88. The molecule has 23 heavy (non-hydrogen) atoms. The molecule has 2 heterocycles. The van der Waals surface area contributed by atoms with Gasteiger partial charge >= 0.3 is 0 Å². The molecule has 0 unspecified atom stereocenters. The topological polar surface area (TPSA) is 76.0 Å². The van der Waals surface area contributed by atoms with Crippen LogP contribution in [0.4, 0.5) is 10.1 Å². The Kier molecular flexibility index (Phi) is 3.83. The second-order valence-electron chi connectivity index (χ2n) is 4.98. The van der Waals surface area contributed by atoms with E-state index in [9.17, 15) is 14.0 Å². The van der Waals surface area contributed by atoms with Gasteiger partial charge in [-0.1, -0.05) is 0 Å². The molecule has 8 heteroatoms. The zero-order valence-corrected chi connectivity index (χ0v) is 13.2. The molecule has 1 aromatic carbocycles. The molecule has 2 aromatic heterocycles. The first kappa shape index (κ1) is 15.2. The van der Waals surface area contributed by atoms with Crippen LogP contribution in [-0.4, -0.2) is 15.5 Å². The van der Waals surface area contributed by atoms with Crippen molar-refractivity contribution in [2.24, 2.45) is 7.05 Å². The number of rotatable bonds is 3.